The van der Waals surface area contributed by atoms with E-state index < -0.39 is 0 Å². The fraction of sp³-hybridized carbons (Fsp3) is 0.368. The smallest absolute Gasteiger partial charge is 0.00105 e. The summed E-state index contributed by atoms with van der Waals surface area (Å²) in [6.07, 6.45) is 9.29. The van der Waals surface area contributed by atoms with E-state index in [-0.39, 0.29) is 0 Å². The zero-order chi connectivity index (χ0) is 12.4. The van der Waals surface area contributed by atoms with E-state index in [1.54, 1.807) is 44.5 Å². The van der Waals surface area contributed by atoms with Gasteiger partial charge in [0.2, 0.25) is 0 Å². The highest BCUT2D eigenvalue weighted by atomic mass is 14.4. The van der Waals surface area contributed by atoms with E-state index in [0.717, 1.165) is 0 Å². The zero-order valence-electron chi connectivity index (χ0n) is 11.3. The lowest BCUT2D eigenvalue weighted by Gasteiger charge is -2.15. The van der Waals surface area contributed by atoms with Crippen LogP contribution in [0, 0.1) is 0 Å². The van der Waals surface area contributed by atoms with Crippen molar-refractivity contribution in [1.82, 2.24) is 0 Å². The van der Waals surface area contributed by atoms with Crippen LogP contribution in [0.5, 0.6) is 0 Å². The first-order valence-corrected chi connectivity index (χ1v) is 7.70. The normalized spacial score (nSPS) is 18.1. The van der Waals surface area contributed by atoms with Gasteiger partial charge in [0.15, 0.2) is 0 Å². The lowest BCUT2D eigenvalue weighted by atomic mass is 9.89. The third-order valence-electron chi connectivity index (χ3n) is 5.42. The first-order chi connectivity index (χ1) is 9.43. The molecule has 0 spiro atoms. The molecule has 0 heteroatoms. The summed E-state index contributed by atoms with van der Waals surface area (Å²) in [4.78, 5) is 0. The van der Waals surface area contributed by atoms with Gasteiger partial charge < -0.3 is 0 Å². The molecular weight excluding hydrogens is 228 g/mol. The third-order valence-corrected chi connectivity index (χ3v) is 5.42. The van der Waals surface area contributed by atoms with Gasteiger partial charge in [-0.1, -0.05) is 24.3 Å². The molecule has 0 heterocycles. The molecule has 0 aliphatic heterocycles. The quantitative estimate of drug-likeness (QED) is 0.556. The van der Waals surface area contributed by atoms with Crippen molar-refractivity contribution in [3.05, 3.63) is 57.6 Å². The molecule has 2 aromatic carbocycles. The molecule has 94 valence electrons. The van der Waals surface area contributed by atoms with E-state index in [2.05, 4.69) is 24.3 Å². The van der Waals surface area contributed by atoms with Crippen molar-refractivity contribution >= 4 is 0 Å². The van der Waals surface area contributed by atoms with E-state index in [1.165, 1.54) is 44.9 Å². The molecular formula is C19H18. The van der Waals surface area contributed by atoms with Crippen LogP contribution in [0.2, 0.25) is 0 Å². The molecule has 5 rings (SSSR count). The predicted octanol–water partition coefficient (Wildman–Crippen LogP) is 4.24. The van der Waals surface area contributed by atoms with E-state index in [0.29, 0.717) is 0 Å². The van der Waals surface area contributed by atoms with Gasteiger partial charge in [0.25, 0.3) is 0 Å². The molecule has 0 bridgehead atoms. The molecule has 0 aromatic heterocycles. The van der Waals surface area contributed by atoms with Gasteiger partial charge >= 0.3 is 0 Å². The van der Waals surface area contributed by atoms with E-state index in [4.69, 9.17) is 0 Å². The van der Waals surface area contributed by atoms with E-state index >= 15 is 0 Å². The summed E-state index contributed by atoms with van der Waals surface area (Å²) < 4.78 is 0. The van der Waals surface area contributed by atoms with Gasteiger partial charge in [-0.3, -0.25) is 0 Å². The molecule has 3 aliphatic rings. The van der Waals surface area contributed by atoms with Crippen molar-refractivity contribution in [2.24, 2.45) is 0 Å². The highest BCUT2D eigenvalue weighted by Gasteiger charge is 2.32. The SMILES string of the molecule is c1ccc2c(c1)Cc1c3c(c4c(c1-2)CCC4)CCC3. The van der Waals surface area contributed by atoms with E-state index in [9.17, 15) is 0 Å². The molecule has 0 amide bonds. The Kier molecular flexibility index (Phi) is 1.89. The number of hydrogen-bond acceptors (Lipinski definition) is 0. The summed E-state index contributed by atoms with van der Waals surface area (Å²) in [7, 11) is 0. The second kappa shape index (κ2) is 3.50. The Morgan fingerprint density at radius 1 is 0.632 bits per heavy atom. The van der Waals surface area contributed by atoms with Gasteiger partial charge in [-0.2, -0.15) is 0 Å². The van der Waals surface area contributed by atoms with Crippen LogP contribution >= 0.6 is 0 Å². The second-order valence-corrected chi connectivity index (χ2v) is 6.31. The summed E-state index contributed by atoms with van der Waals surface area (Å²) in [6, 6.07) is 9.09. The van der Waals surface area contributed by atoms with Crippen LogP contribution < -0.4 is 0 Å². The van der Waals surface area contributed by atoms with Crippen molar-refractivity contribution in [3.63, 3.8) is 0 Å². The Balaban J connectivity index is 1.91. The van der Waals surface area contributed by atoms with Crippen LogP contribution in [0.15, 0.2) is 24.3 Å². The molecule has 0 saturated carbocycles. The number of rotatable bonds is 0. The average molecular weight is 246 g/mol. The van der Waals surface area contributed by atoms with Crippen LogP contribution in [0.1, 0.15) is 46.2 Å². The molecule has 0 fully saturated rings. The van der Waals surface area contributed by atoms with Gasteiger partial charge in [0, 0.05) is 0 Å². The monoisotopic (exact) mass is 246 g/mol. The van der Waals surface area contributed by atoms with Gasteiger partial charge in [0.1, 0.15) is 0 Å². The molecule has 0 nitrogen and oxygen atoms in total. The summed E-state index contributed by atoms with van der Waals surface area (Å²) >= 11 is 0. The fourth-order valence-corrected chi connectivity index (χ4v) is 4.72. The number of hydrogen-bond donors (Lipinski definition) is 0. The molecule has 0 atom stereocenters. The lowest BCUT2D eigenvalue weighted by Crippen LogP contribution is -1.99. The highest BCUT2D eigenvalue weighted by molar-refractivity contribution is 5.83. The molecule has 0 N–H and O–H groups in total. The van der Waals surface area contributed by atoms with Gasteiger partial charge in [-0.25, -0.2) is 0 Å². The van der Waals surface area contributed by atoms with Crippen LogP contribution in [-0.4, -0.2) is 0 Å². The minimum absolute atomic E-state index is 1.20. The van der Waals surface area contributed by atoms with Crippen LogP contribution in [-0.2, 0) is 32.1 Å². The van der Waals surface area contributed by atoms with Crippen molar-refractivity contribution in [2.75, 3.05) is 0 Å². The topological polar surface area (TPSA) is 0 Å². The fourth-order valence-electron chi connectivity index (χ4n) is 4.72. The summed E-state index contributed by atoms with van der Waals surface area (Å²) in [5, 5.41) is 0. The second-order valence-electron chi connectivity index (χ2n) is 6.31. The third kappa shape index (κ3) is 1.20. The molecule has 19 heavy (non-hydrogen) atoms. The van der Waals surface area contributed by atoms with E-state index in [1.807, 2.05) is 0 Å². The number of fused-ring (bicyclic) bond motifs is 8. The van der Waals surface area contributed by atoms with Crippen molar-refractivity contribution in [2.45, 2.75) is 44.9 Å². The van der Waals surface area contributed by atoms with Crippen molar-refractivity contribution < 1.29 is 0 Å². The summed E-state index contributed by atoms with van der Waals surface area (Å²) in [5.74, 6) is 0. The Morgan fingerprint density at radius 2 is 1.26 bits per heavy atom. The largest absolute Gasteiger partial charge is 0.0619 e. The minimum atomic E-state index is 1.20. The predicted molar refractivity (Wildman–Crippen MR) is 78.7 cm³/mol. The van der Waals surface area contributed by atoms with Gasteiger partial charge in [-0.15, -0.1) is 0 Å². The first-order valence-electron chi connectivity index (χ1n) is 7.70. The molecule has 2 aromatic rings. The van der Waals surface area contributed by atoms with Crippen LogP contribution in [0.4, 0.5) is 0 Å². The molecule has 3 aliphatic carbocycles. The highest BCUT2D eigenvalue weighted by Crippen LogP contribution is 2.48. The molecule has 0 saturated heterocycles. The maximum atomic E-state index is 2.35. The van der Waals surface area contributed by atoms with Crippen LogP contribution in [0.25, 0.3) is 11.1 Å². The van der Waals surface area contributed by atoms with Crippen molar-refractivity contribution in [3.8, 4) is 11.1 Å². The summed E-state index contributed by atoms with van der Waals surface area (Å²) in [5.41, 5.74) is 13.4. The maximum absolute atomic E-state index is 2.35. The maximum Gasteiger partial charge on any atom is -0.00105 e. The standard InChI is InChI=1S/C19H18/c1-2-6-13-12(5-1)11-18-16-9-3-7-14(16)15-8-4-10-17(15)19(13)18/h1-2,5-6H,3-4,7-11H2. The Labute approximate surface area is 114 Å². The van der Waals surface area contributed by atoms with Gasteiger partial charge in [0.05, 0.1) is 0 Å². The van der Waals surface area contributed by atoms with Crippen molar-refractivity contribution in [1.29, 1.82) is 0 Å². The first kappa shape index (κ1) is 10.3. The van der Waals surface area contributed by atoms with Crippen LogP contribution in [0.3, 0.4) is 0 Å². The number of benzene rings is 2. The Morgan fingerprint density at radius 3 is 2.11 bits per heavy atom. The lowest BCUT2D eigenvalue weighted by molar-refractivity contribution is 0.887. The Hall–Kier alpha value is -1.56. The zero-order valence-corrected chi connectivity index (χ0v) is 11.3. The minimum Gasteiger partial charge on any atom is -0.0619 e. The molecule has 0 unspecified atom stereocenters. The average Bonchev–Trinajstić information content (AvgIpc) is 3.14. The van der Waals surface area contributed by atoms with Gasteiger partial charge in [-0.05, 0) is 89.5 Å². The Bertz CT molecular complexity index is 706. The summed E-state index contributed by atoms with van der Waals surface area (Å²) in [6.45, 7) is 0. The molecule has 0 radical (unpaired) electrons.